The van der Waals surface area contributed by atoms with Crippen molar-refractivity contribution in [3.8, 4) is 0 Å². The van der Waals surface area contributed by atoms with Gasteiger partial charge in [0, 0.05) is 18.2 Å². The van der Waals surface area contributed by atoms with Crippen LogP contribution in [0.2, 0.25) is 0 Å². The highest BCUT2D eigenvalue weighted by Gasteiger charge is 2.30. The number of sulfone groups is 1. The molecule has 0 bridgehead atoms. The smallest absolute Gasteiger partial charge is 0.293 e. The van der Waals surface area contributed by atoms with Crippen LogP contribution in [0.1, 0.15) is 20.3 Å². The van der Waals surface area contributed by atoms with Crippen molar-refractivity contribution in [3.63, 3.8) is 0 Å². The highest BCUT2D eigenvalue weighted by molar-refractivity contribution is 7.91. The van der Waals surface area contributed by atoms with E-state index in [4.69, 9.17) is 0 Å². The van der Waals surface area contributed by atoms with E-state index in [1.807, 2.05) is 0 Å². The average molecular weight is 377 g/mol. The molecule has 0 aliphatic carbocycles. The molecule has 134 valence electrons. The number of nitro benzene ring substituents is 1. The first kappa shape index (κ1) is 18.6. The lowest BCUT2D eigenvalue weighted by molar-refractivity contribution is -0.384. The molecule has 1 aliphatic rings. The van der Waals surface area contributed by atoms with E-state index in [2.05, 4.69) is 10.0 Å². The Labute approximate surface area is 140 Å². The Morgan fingerprint density at radius 1 is 1.33 bits per heavy atom. The Balaban J connectivity index is 2.33. The molecule has 9 nitrogen and oxygen atoms in total. The van der Waals surface area contributed by atoms with E-state index in [0.717, 1.165) is 6.07 Å². The first-order chi connectivity index (χ1) is 11.0. The van der Waals surface area contributed by atoms with Crippen LogP contribution in [0.3, 0.4) is 0 Å². The van der Waals surface area contributed by atoms with Crippen LogP contribution in [-0.2, 0) is 19.9 Å². The summed E-state index contributed by atoms with van der Waals surface area (Å²) < 4.78 is 49.6. The molecule has 0 spiro atoms. The molecule has 1 atom stereocenters. The fourth-order valence-corrected chi connectivity index (χ4v) is 5.40. The van der Waals surface area contributed by atoms with Crippen LogP contribution in [0.15, 0.2) is 23.1 Å². The molecule has 2 rings (SSSR count). The highest BCUT2D eigenvalue weighted by atomic mass is 32.2. The number of nitro groups is 1. The summed E-state index contributed by atoms with van der Waals surface area (Å²) in [6, 6.07) is 2.73. The summed E-state index contributed by atoms with van der Waals surface area (Å²) in [5, 5.41) is 14.1. The second kappa shape index (κ2) is 6.65. The molecule has 1 aliphatic heterocycles. The summed E-state index contributed by atoms with van der Waals surface area (Å²) in [6.07, 6.45) is 0.356. The molecule has 0 radical (unpaired) electrons. The molecular weight excluding hydrogens is 358 g/mol. The lowest BCUT2D eigenvalue weighted by Gasteiger charge is -2.14. The minimum atomic E-state index is -3.86. The first-order valence-electron chi connectivity index (χ1n) is 7.28. The number of benzene rings is 1. The van der Waals surface area contributed by atoms with E-state index in [0.29, 0.717) is 6.42 Å². The second-order valence-corrected chi connectivity index (χ2v) is 9.90. The minimum absolute atomic E-state index is 0.0310. The van der Waals surface area contributed by atoms with Gasteiger partial charge in [-0.05, 0) is 32.4 Å². The van der Waals surface area contributed by atoms with E-state index in [1.54, 1.807) is 13.8 Å². The van der Waals surface area contributed by atoms with Gasteiger partial charge in [-0.25, -0.2) is 21.6 Å². The number of anilines is 1. The summed E-state index contributed by atoms with van der Waals surface area (Å²) >= 11 is 0. The number of sulfonamides is 1. The standard InChI is InChI=1S/C13H19N3O6S2/c1-9(2)15-24(21,22)11-3-4-12(13(7-11)16(17)18)14-10-5-6-23(19,20)8-10/h3-4,7,9-10,14-15H,5-6,8H2,1-2H3. The van der Waals surface area contributed by atoms with E-state index in [-0.39, 0.29) is 28.1 Å². The molecule has 2 N–H and O–H groups in total. The summed E-state index contributed by atoms with van der Waals surface area (Å²) in [5.74, 6) is -0.0671. The number of rotatable bonds is 6. The molecule has 11 heteroatoms. The van der Waals surface area contributed by atoms with Gasteiger partial charge in [0.25, 0.3) is 5.69 Å². The Bertz CT molecular complexity index is 848. The van der Waals surface area contributed by atoms with Gasteiger partial charge >= 0.3 is 0 Å². The van der Waals surface area contributed by atoms with Crippen molar-refractivity contribution in [3.05, 3.63) is 28.3 Å². The van der Waals surface area contributed by atoms with E-state index in [9.17, 15) is 26.9 Å². The van der Waals surface area contributed by atoms with Crippen molar-refractivity contribution in [1.82, 2.24) is 4.72 Å². The molecule has 1 unspecified atom stereocenters. The van der Waals surface area contributed by atoms with E-state index >= 15 is 0 Å². The third kappa shape index (κ3) is 4.42. The van der Waals surface area contributed by atoms with Gasteiger partial charge in [-0.2, -0.15) is 0 Å². The zero-order valence-corrected chi connectivity index (χ0v) is 14.9. The van der Waals surface area contributed by atoms with Gasteiger partial charge < -0.3 is 5.32 Å². The highest BCUT2D eigenvalue weighted by Crippen LogP contribution is 2.29. The van der Waals surface area contributed by atoms with Crippen molar-refractivity contribution < 1.29 is 21.8 Å². The maximum atomic E-state index is 12.1. The summed E-state index contributed by atoms with van der Waals surface area (Å²) in [6.45, 7) is 3.28. The lowest BCUT2D eigenvalue weighted by Crippen LogP contribution is -2.30. The number of nitrogens with one attached hydrogen (secondary N) is 2. The van der Waals surface area contributed by atoms with Gasteiger partial charge in [-0.1, -0.05) is 0 Å². The summed E-state index contributed by atoms with van der Waals surface area (Å²) in [4.78, 5) is 10.3. The molecular formula is C13H19N3O6S2. The maximum absolute atomic E-state index is 12.1. The van der Waals surface area contributed by atoms with Crippen LogP contribution in [-0.4, -0.2) is 45.3 Å². The molecule has 0 aromatic heterocycles. The minimum Gasteiger partial charge on any atom is -0.376 e. The molecule has 1 saturated heterocycles. The number of hydrogen-bond acceptors (Lipinski definition) is 7. The fourth-order valence-electron chi connectivity index (χ4n) is 2.46. The second-order valence-electron chi connectivity index (χ2n) is 5.96. The van der Waals surface area contributed by atoms with Crippen molar-refractivity contribution in [1.29, 1.82) is 0 Å². The normalized spacial score (nSPS) is 20.2. The first-order valence-corrected chi connectivity index (χ1v) is 10.6. The maximum Gasteiger partial charge on any atom is 0.293 e. The van der Waals surface area contributed by atoms with Crippen LogP contribution < -0.4 is 10.0 Å². The summed E-state index contributed by atoms with van der Waals surface area (Å²) in [7, 11) is -6.99. The zero-order valence-electron chi connectivity index (χ0n) is 13.2. The van der Waals surface area contributed by atoms with Crippen LogP contribution in [0.5, 0.6) is 0 Å². The van der Waals surface area contributed by atoms with Gasteiger partial charge in [0.05, 0.1) is 21.3 Å². The van der Waals surface area contributed by atoms with Gasteiger partial charge in [0.15, 0.2) is 9.84 Å². The molecule has 1 fully saturated rings. The van der Waals surface area contributed by atoms with Gasteiger partial charge in [-0.3, -0.25) is 10.1 Å². The molecule has 24 heavy (non-hydrogen) atoms. The van der Waals surface area contributed by atoms with Crippen molar-refractivity contribution in [2.45, 2.75) is 37.2 Å². The van der Waals surface area contributed by atoms with Crippen molar-refractivity contribution in [2.75, 3.05) is 16.8 Å². The molecule has 1 heterocycles. The van der Waals surface area contributed by atoms with Crippen molar-refractivity contribution in [2.24, 2.45) is 0 Å². The number of hydrogen-bond donors (Lipinski definition) is 2. The van der Waals surface area contributed by atoms with Gasteiger partial charge in [-0.15, -0.1) is 0 Å². The predicted molar refractivity (Wildman–Crippen MR) is 89.2 cm³/mol. The Kier molecular flexibility index (Phi) is 5.16. The van der Waals surface area contributed by atoms with Crippen LogP contribution in [0.4, 0.5) is 11.4 Å². The van der Waals surface area contributed by atoms with Crippen LogP contribution >= 0.6 is 0 Å². The molecule has 0 amide bonds. The topological polar surface area (TPSA) is 135 Å². The predicted octanol–water partition coefficient (Wildman–Crippen LogP) is 0.881. The average Bonchev–Trinajstić information content (AvgIpc) is 2.76. The number of nitrogens with zero attached hydrogens (tertiary/aromatic N) is 1. The van der Waals surface area contributed by atoms with Gasteiger partial charge in [0.2, 0.25) is 10.0 Å². The van der Waals surface area contributed by atoms with E-state index in [1.165, 1.54) is 12.1 Å². The monoisotopic (exact) mass is 377 g/mol. The Morgan fingerprint density at radius 2 is 2.00 bits per heavy atom. The van der Waals surface area contributed by atoms with Crippen LogP contribution in [0.25, 0.3) is 0 Å². The molecule has 1 aromatic carbocycles. The third-order valence-electron chi connectivity index (χ3n) is 3.46. The van der Waals surface area contributed by atoms with Gasteiger partial charge in [0.1, 0.15) is 5.69 Å². The van der Waals surface area contributed by atoms with Crippen LogP contribution in [0, 0.1) is 10.1 Å². The summed E-state index contributed by atoms with van der Waals surface area (Å²) in [5.41, 5.74) is -0.309. The van der Waals surface area contributed by atoms with Crippen molar-refractivity contribution >= 4 is 31.2 Å². The Hall–Kier alpha value is -1.72. The molecule has 0 saturated carbocycles. The molecule has 1 aromatic rings. The van der Waals surface area contributed by atoms with E-state index < -0.39 is 36.5 Å². The zero-order chi connectivity index (χ0) is 18.1. The fraction of sp³-hybridized carbons (Fsp3) is 0.538. The third-order valence-corrected chi connectivity index (χ3v) is 6.88. The quantitative estimate of drug-likeness (QED) is 0.555. The Morgan fingerprint density at radius 3 is 2.50 bits per heavy atom. The lowest BCUT2D eigenvalue weighted by atomic mass is 10.2. The SMILES string of the molecule is CC(C)NS(=O)(=O)c1ccc(NC2CCS(=O)(=O)C2)c([N+](=O)[O-])c1. The largest absolute Gasteiger partial charge is 0.376 e.